The lowest BCUT2D eigenvalue weighted by molar-refractivity contribution is 0.0955. The quantitative estimate of drug-likeness (QED) is 0.152. The number of hydrogen-bond donors (Lipinski definition) is 2. The molecule has 4 aromatic carbocycles. The molecule has 9 heteroatoms. The largest absolute Gasteiger partial charge is 0.309 e. The van der Waals surface area contributed by atoms with Crippen molar-refractivity contribution in [1.29, 1.82) is 0 Å². The van der Waals surface area contributed by atoms with E-state index in [4.69, 9.17) is 0 Å². The topological polar surface area (TPSA) is 92.6 Å². The fraction of sp³-hybridized carbons (Fsp3) is 0. The first kappa shape index (κ1) is 26.2. The van der Waals surface area contributed by atoms with Gasteiger partial charge in [0.15, 0.2) is 0 Å². The van der Waals surface area contributed by atoms with Crippen LogP contribution < -0.4 is 10.1 Å². The van der Waals surface area contributed by atoms with Gasteiger partial charge in [-0.15, -0.1) is 11.3 Å². The molecule has 2 heterocycles. The number of hydrogen-bond acceptors (Lipinski definition) is 5. The van der Waals surface area contributed by atoms with Gasteiger partial charge in [-0.1, -0.05) is 72.8 Å². The van der Waals surface area contributed by atoms with Gasteiger partial charge in [0, 0.05) is 27.9 Å². The molecule has 0 aliphatic rings. The first-order valence-electron chi connectivity index (χ1n) is 12.8. The maximum atomic E-state index is 12.9. The summed E-state index contributed by atoms with van der Waals surface area (Å²) in [5.41, 5.74) is 8.19. The third kappa shape index (κ3) is 5.41. The molecule has 0 unspecified atom stereocenters. The number of rotatable bonds is 8. The summed E-state index contributed by atoms with van der Waals surface area (Å²) in [7, 11) is -3.67. The number of carbonyl (C=O) groups excluding carboxylic acids is 1. The second kappa shape index (κ2) is 11.2. The maximum Gasteiger partial charge on any atom is 0.271 e. The van der Waals surface area contributed by atoms with Crippen molar-refractivity contribution in [1.82, 2.24) is 9.99 Å². The van der Waals surface area contributed by atoms with Crippen molar-refractivity contribution in [2.45, 2.75) is 4.21 Å². The lowest BCUT2D eigenvalue weighted by Gasteiger charge is -2.12. The molecule has 7 nitrogen and oxygen atoms in total. The van der Waals surface area contributed by atoms with Gasteiger partial charge in [0.2, 0.25) is 0 Å². The van der Waals surface area contributed by atoms with Crippen molar-refractivity contribution in [3.63, 3.8) is 0 Å². The predicted molar refractivity (Wildman–Crippen MR) is 165 cm³/mol. The van der Waals surface area contributed by atoms with E-state index in [0.717, 1.165) is 44.7 Å². The van der Waals surface area contributed by atoms with E-state index < -0.39 is 15.9 Å². The van der Waals surface area contributed by atoms with E-state index in [2.05, 4.69) is 50.1 Å². The molecule has 0 aliphatic heterocycles. The van der Waals surface area contributed by atoms with Crippen LogP contribution in [-0.4, -0.2) is 25.1 Å². The van der Waals surface area contributed by atoms with Gasteiger partial charge >= 0.3 is 0 Å². The molecule has 202 valence electrons. The second-order valence-corrected chi connectivity index (χ2v) is 12.0. The zero-order valence-corrected chi connectivity index (χ0v) is 23.3. The molecule has 0 bridgehead atoms. The average molecular weight is 577 g/mol. The van der Waals surface area contributed by atoms with Crippen LogP contribution in [0.4, 0.5) is 5.69 Å². The number of hydrazone groups is 1. The van der Waals surface area contributed by atoms with Gasteiger partial charge in [0.1, 0.15) is 4.21 Å². The van der Waals surface area contributed by atoms with E-state index >= 15 is 0 Å². The zero-order chi connectivity index (χ0) is 28.2. The Morgan fingerprint density at radius 3 is 2.17 bits per heavy atom. The fourth-order valence-electron chi connectivity index (χ4n) is 4.65. The van der Waals surface area contributed by atoms with Gasteiger partial charge < -0.3 is 4.57 Å². The molecule has 0 atom stereocenters. The molecule has 0 spiro atoms. The third-order valence-electron chi connectivity index (χ3n) is 6.49. The number of carbonyl (C=O) groups is 1. The van der Waals surface area contributed by atoms with E-state index in [9.17, 15) is 13.2 Å². The van der Waals surface area contributed by atoms with Gasteiger partial charge in [-0.25, -0.2) is 13.8 Å². The molecule has 6 rings (SSSR count). The zero-order valence-electron chi connectivity index (χ0n) is 21.6. The molecule has 0 fully saturated rings. The molecule has 41 heavy (non-hydrogen) atoms. The van der Waals surface area contributed by atoms with E-state index in [-0.39, 0.29) is 4.21 Å². The van der Waals surface area contributed by atoms with Crippen LogP contribution in [0.2, 0.25) is 0 Å². The number of amides is 1. The van der Waals surface area contributed by atoms with Gasteiger partial charge in [-0.3, -0.25) is 9.52 Å². The summed E-state index contributed by atoms with van der Waals surface area (Å²) in [5, 5.41) is 7.02. The Hall–Kier alpha value is -4.99. The van der Waals surface area contributed by atoms with E-state index in [0.29, 0.717) is 11.3 Å². The molecular formula is C32H24N4O3S2. The molecule has 0 aliphatic carbocycles. The average Bonchev–Trinajstić information content (AvgIpc) is 3.66. The van der Waals surface area contributed by atoms with Crippen LogP contribution in [0.1, 0.15) is 15.9 Å². The molecule has 6 aromatic rings. The summed E-state index contributed by atoms with van der Waals surface area (Å²) in [5.74, 6) is -0.415. The van der Waals surface area contributed by atoms with Crippen LogP contribution in [0.15, 0.2) is 136 Å². The number of sulfonamides is 1. The van der Waals surface area contributed by atoms with Crippen LogP contribution in [0, 0.1) is 0 Å². The normalized spacial score (nSPS) is 11.6. The molecule has 2 aromatic heterocycles. The third-order valence-corrected chi connectivity index (χ3v) is 9.27. The Morgan fingerprint density at radius 2 is 1.46 bits per heavy atom. The Kier molecular flexibility index (Phi) is 7.20. The Labute approximate surface area is 241 Å². The fourth-order valence-corrected chi connectivity index (χ4v) is 6.70. The molecule has 1 amide bonds. The summed E-state index contributed by atoms with van der Waals surface area (Å²) in [6.45, 7) is 0. The smallest absolute Gasteiger partial charge is 0.271 e. The molecule has 0 radical (unpaired) electrons. The van der Waals surface area contributed by atoms with Crippen LogP contribution in [0.5, 0.6) is 0 Å². The van der Waals surface area contributed by atoms with Crippen molar-refractivity contribution >= 4 is 50.1 Å². The van der Waals surface area contributed by atoms with Crippen LogP contribution in [-0.2, 0) is 10.0 Å². The number of fused-ring (bicyclic) bond motifs is 1. The Bertz CT molecular complexity index is 1950. The van der Waals surface area contributed by atoms with Crippen LogP contribution in [0.25, 0.3) is 27.8 Å². The highest BCUT2D eigenvalue weighted by Gasteiger charge is 2.19. The first-order valence-corrected chi connectivity index (χ1v) is 15.1. The summed E-state index contributed by atoms with van der Waals surface area (Å²) in [6, 6.07) is 37.7. The highest BCUT2D eigenvalue weighted by Crippen LogP contribution is 2.35. The number of thiophene rings is 1. The van der Waals surface area contributed by atoms with Crippen molar-refractivity contribution in [2.24, 2.45) is 5.10 Å². The van der Waals surface area contributed by atoms with Crippen molar-refractivity contribution in [3.05, 3.63) is 138 Å². The van der Waals surface area contributed by atoms with Crippen LogP contribution >= 0.6 is 11.3 Å². The minimum Gasteiger partial charge on any atom is -0.309 e. The number of benzene rings is 4. The summed E-state index contributed by atoms with van der Waals surface area (Å²) in [4.78, 5) is 12.9. The Balaban J connectivity index is 1.29. The van der Waals surface area contributed by atoms with Gasteiger partial charge in [-0.2, -0.15) is 5.10 Å². The predicted octanol–water partition coefficient (Wildman–Crippen LogP) is 6.92. The number of nitrogens with zero attached hydrogens (tertiary/aromatic N) is 2. The van der Waals surface area contributed by atoms with E-state index in [1.54, 1.807) is 41.9 Å². The molecule has 2 N–H and O–H groups in total. The summed E-state index contributed by atoms with van der Waals surface area (Å²) in [6.07, 6.45) is 1.67. The minimum absolute atomic E-state index is 0.220. The molecular weight excluding hydrogens is 553 g/mol. The number of anilines is 1. The lowest BCUT2D eigenvalue weighted by atomic mass is 10.1. The summed E-state index contributed by atoms with van der Waals surface area (Å²) >= 11 is 1.13. The number of nitrogens with one attached hydrogen (secondary N) is 2. The van der Waals surface area contributed by atoms with Crippen molar-refractivity contribution < 1.29 is 13.2 Å². The van der Waals surface area contributed by atoms with Crippen molar-refractivity contribution in [2.75, 3.05) is 4.72 Å². The standard InChI is InChI=1S/C32H24N4O3S2/c37-32(24-17-19-25(20-18-24)35-41(38,39)30-16-9-21-40-30)34-33-22-28-27-14-7-8-15-29(27)36(26-12-5-2-6-13-26)31(28)23-10-3-1-4-11-23/h1-22,35H,(H,34,37)/b33-22-. The van der Waals surface area contributed by atoms with Gasteiger partial charge in [-0.05, 0) is 59.5 Å². The van der Waals surface area contributed by atoms with Crippen LogP contribution in [0.3, 0.4) is 0 Å². The Morgan fingerprint density at radius 1 is 0.780 bits per heavy atom. The van der Waals surface area contributed by atoms with Gasteiger partial charge in [0.05, 0.1) is 17.4 Å². The molecule has 0 saturated carbocycles. The monoisotopic (exact) mass is 576 g/mol. The van der Waals surface area contributed by atoms with E-state index in [1.165, 1.54) is 6.07 Å². The SMILES string of the molecule is O=C(N/N=C\c1c(-c2ccccc2)n(-c2ccccc2)c2ccccc12)c1ccc(NS(=O)(=O)c2cccs2)cc1. The second-order valence-electron chi connectivity index (χ2n) is 9.13. The molecule has 0 saturated heterocycles. The van der Waals surface area contributed by atoms with E-state index in [1.807, 2.05) is 54.6 Å². The lowest BCUT2D eigenvalue weighted by Crippen LogP contribution is -2.18. The highest BCUT2D eigenvalue weighted by molar-refractivity contribution is 7.94. The first-order chi connectivity index (χ1) is 20.0. The number of aromatic nitrogens is 1. The minimum atomic E-state index is -3.67. The summed E-state index contributed by atoms with van der Waals surface area (Å²) < 4.78 is 29.9. The van der Waals surface area contributed by atoms with Gasteiger partial charge in [0.25, 0.3) is 15.9 Å². The van der Waals surface area contributed by atoms with Crippen molar-refractivity contribution in [3.8, 4) is 16.9 Å². The number of para-hydroxylation sites is 2. The highest BCUT2D eigenvalue weighted by atomic mass is 32.2. The maximum absolute atomic E-state index is 12.9.